The molecule has 0 bridgehead atoms. The normalized spacial score (nSPS) is 10.4. The molecule has 0 fully saturated rings. The molecule has 1 heterocycles. The Kier molecular flexibility index (Phi) is 4.73. The van der Waals surface area contributed by atoms with Crippen LogP contribution in [0.15, 0.2) is 47.4 Å². The Morgan fingerprint density at radius 1 is 1.16 bits per heavy atom. The molecule has 0 saturated carbocycles. The van der Waals surface area contributed by atoms with Crippen LogP contribution in [0.2, 0.25) is 0 Å². The van der Waals surface area contributed by atoms with Gasteiger partial charge in [-0.2, -0.15) is 17.4 Å². The number of anilines is 1. The van der Waals surface area contributed by atoms with Gasteiger partial charge in [-0.1, -0.05) is 36.4 Å². The van der Waals surface area contributed by atoms with Crippen LogP contribution in [-0.2, 0) is 10.3 Å². The quantitative estimate of drug-likeness (QED) is 0.729. The first kappa shape index (κ1) is 14.8. The number of aromatic nitrogens is 2. The highest BCUT2D eigenvalue weighted by Crippen LogP contribution is 2.01. The van der Waals surface area contributed by atoms with Crippen LogP contribution in [0.25, 0.3) is 0 Å². The van der Waals surface area contributed by atoms with Gasteiger partial charge in [-0.3, -0.25) is 4.55 Å². The lowest BCUT2D eigenvalue weighted by atomic mass is 10.4. The first-order chi connectivity index (χ1) is 8.82. The lowest BCUT2D eigenvalue weighted by Gasteiger charge is -2.00. The van der Waals surface area contributed by atoms with Crippen LogP contribution in [-0.4, -0.2) is 21.9 Å². The van der Waals surface area contributed by atoms with Gasteiger partial charge in [0.2, 0.25) is 0 Å². The zero-order valence-electron chi connectivity index (χ0n) is 9.47. The summed E-state index contributed by atoms with van der Waals surface area (Å²) in [5.41, 5.74) is 3.48. The van der Waals surface area contributed by atoms with Crippen molar-refractivity contribution < 1.29 is 17.4 Å². The molecule has 19 heavy (non-hydrogen) atoms. The second-order valence-corrected chi connectivity index (χ2v) is 4.47. The van der Waals surface area contributed by atoms with E-state index in [-0.39, 0.29) is 10.2 Å². The summed E-state index contributed by atoms with van der Waals surface area (Å²) in [6, 6.07) is 12.0. The smallest absolute Gasteiger partial charge is 0.367 e. The number of hydrogen-bond acceptors (Lipinski definition) is 5. The molecule has 0 atom stereocenters. The van der Waals surface area contributed by atoms with Crippen molar-refractivity contribution in [2.45, 2.75) is 0 Å². The predicted octanol–water partition coefficient (Wildman–Crippen LogP) is 0.302. The minimum Gasteiger partial charge on any atom is -0.381 e. The van der Waals surface area contributed by atoms with E-state index in [2.05, 4.69) is 4.98 Å². The molecular formula is C10H10FN3O4S. The second-order valence-electron chi connectivity index (χ2n) is 3.18. The van der Waals surface area contributed by atoms with Gasteiger partial charge in [0.05, 0.1) is 6.20 Å². The lowest BCUT2D eigenvalue weighted by Crippen LogP contribution is -2.29. The third-order valence-electron chi connectivity index (χ3n) is 1.80. The van der Waals surface area contributed by atoms with Crippen LogP contribution in [0.3, 0.4) is 0 Å². The molecule has 3 N–H and O–H groups in total. The van der Waals surface area contributed by atoms with E-state index in [1.807, 2.05) is 36.4 Å². The van der Waals surface area contributed by atoms with Gasteiger partial charge in [-0.25, -0.2) is 9.18 Å². The Balaban J connectivity index is 0.000000250. The molecule has 0 aliphatic rings. The highest BCUT2D eigenvalue weighted by Gasteiger charge is 2.14. The average molecular weight is 287 g/mol. The maximum absolute atomic E-state index is 12.6. The summed E-state index contributed by atoms with van der Waals surface area (Å²) in [6.07, 6.45) is 0.236. The summed E-state index contributed by atoms with van der Waals surface area (Å²) in [5, 5.41) is 0. The first-order valence-corrected chi connectivity index (χ1v) is 6.24. The predicted molar refractivity (Wildman–Crippen MR) is 66.3 cm³/mol. The van der Waals surface area contributed by atoms with Crippen LogP contribution < -0.4 is 11.4 Å². The number of halogens is 1. The van der Waals surface area contributed by atoms with Gasteiger partial charge in [-0.05, 0) is 0 Å². The fourth-order valence-electron chi connectivity index (χ4n) is 0.980. The monoisotopic (exact) mass is 287 g/mol. The standard InChI is InChI=1S/C6H6.C4H4FN3O4S/c1-2-4-6-5-3-1;5-2-1-8(13(10,11)12)4(9)7-3(2)6/h1-6H;1H,(H2,6,7,9)(H,10,11,12). The summed E-state index contributed by atoms with van der Waals surface area (Å²) in [7, 11) is -4.83. The van der Waals surface area contributed by atoms with Crippen molar-refractivity contribution in [3.8, 4) is 0 Å². The number of benzene rings is 1. The fourth-order valence-corrected chi connectivity index (χ4v) is 1.44. The summed E-state index contributed by atoms with van der Waals surface area (Å²) in [6.45, 7) is 0. The van der Waals surface area contributed by atoms with Gasteiger partial charge in [0.25, 0.3) is 0 Å². The molecule has 7 nitrogen and oxygen atoms in total. The van der Waals surface area contributed by atoms with Crippen molar-refractivity contribution in [2.24, 2.45) is 0 Å². The summed E-state index contributed by atoms with van der Waals surface area (Å²) in [5.74, 6) is -1.94. The lowest BCUT2D eigenvalue weighted by molar-refractivity contribution is 0.466. The van der Waals surface area contributed by atoms with Gasteiger partial charge in [0.1, 0.15) is 0 Å². The van der Waals surface area contributed by atoms with Crippen molar-refractivity contribution in [1.82, 2.24) is 8.96 Å². The van der Waals surface area contributed by atoms with Crippen molar-refractivity contribution in [1.29, 1.82) is 0 Å². The molecule has 0 spiro atoms. The summed E-state index contributed by atoms with van der Waals surface area (Å²) in [4.78, 5) is 13.5. The maximum Gasteiger partial charge on any atom is 0.367 e. The maximum atomic E-state index is 12.6. The van der Waals surface area contributed by atoms with E-state index >= 15 is 0 Å². The molecule has 0 aliphatic carbocycles. The summed E-state index contributed by atoms with van der Waals surface area (Å²) >= 11 is 0. The molecular weight excluding hydrogens is 277 g/mol. The molecule has 102 valence electrons. The number of nitrogens with two attached hydrogens (primary N) is 1. The molecule has 0 saturated heterocycles. The van der Waals surface area contributed by atoms with E-state index in [0.717, 1.165) is 0 Å². The van der Waals surface area contributed by atoms with E-state index < -0.39 is 27.6 Å². The highest BCUT2D eigenvalue weighted by atomic mass is 32.2. The van der Waals surface area contributed by atoms with E-state index in [9.17, 15) is 17.6 Å². The number of rotatable bonds is 1. The molecule has 9 heteroatoms. The molecule has 2 aromatic rings. The van der Waals surface area contributed by atoms with Crippen LogP contribution in [0.1, 0.15) is 0 Å². The number of hydrogen-bond donors (Lipinski definition) is 2. The van der Waals surface area contributed by atoms with Gasteiger partial charge in [0.15, 0.2) is 11.6 Å². The van der Waals surface area contributed by atoms with Crippen LogP contribution in [0.4, 0.5) is 10.2 Å². The van der Waals surface area contributed by atoms with Gasteiger partial charge in [-0.15, -0.1) is 0 Å². The SMILES string of the molecule is Nc1nc(=O)n(S(=O)(=O)O)cc1F.c1ccccc1. The Hall–Kier alpha value is -2.26. The van der Waals surface area contributed by atoms with Gasteiger partial charge in [0, 0.05) is 0 Å². The van der Waals surface area contributed by atoms with E-state index in [4.69, 9.17) is 10.3 Å². The van der Waals surface area contributed by atoms with E-state index in [1.165, 1.54) is 0 Å². The average Bonchev–Trinajstić information content (AvgIpc) is 2.35. The third kappa shape index (κ3) is 4.48. The molecule has 0 radical (unpaired) electrons. The molecule has 2 rings (SSSR count). The van der Waals surface area contributed by atoms with Crippen LogP contribution in [0, 0.1) is 5.82 Å². The Morgan fingerprint density at radius 2 is 1.58 bits per heavy atom. The van der Waals surface area contributed by atoms with Gasteiger partial charge >= 0.3 is 16.0 Å². The first-order valence-electron chi connectivity index (χ1n) is 4.85. The zero-order valence-corrected chi connectivity index (χ0v) is 10.3. The summed E-state index contributed by atoms with van der Waals surface area (Å²) < 4.78 is 41.5. The Labute approximate surface area is 108 Å². The van der Waals surface area contributed by atoms with Crippen molar-refractivity contribution in [3.63, 3.8) is 0 Å². The van der Waals surface area contributed by atoms with Crippen LogP contribution in [0.5, 0.6) is 0 Å². The largest absolute Gasteiger partial charge is 0.381 e. The topological polar surface area (TPSA) is 115 Å². The fraction of sp³-hybridized carbons (Fsp3) is 0. The third-order valence-corrected chi connectivity index (χ3v) is 2.55. The zero-order chi connectivity index (χ0) is 14.5. The second kappa shape index (κ2) is 6.07. The molecule has 0 aliphatic heterocycles. The van der Waals surface area contributed by atoms with Crippen molar-refractivity contribution in [2.75, 3.05) is 5.73 Å². The molecule has 1 aromatic heterocycles. The molecule has 1 aromatic carbocycles. The van der Waals surface area contributed by atoms with E-state index in [1.54, 1.807) is 0 Å². The van der Waals surface area contributed by atoms with E-state index in [0.29, 0.717) is 0 Å². The minimum absolute atomic E-state index is 0.236. The Morgan fingerprint density at radius 3 is 1.95 bits per heavy atom. The van der Waals surface area contributed by atoms with Crippen molar-refractivity contribution in [3.05, 3.63) is 58.9 Å². The molecule has 0 amide bonds. The van der Waals surface area contributed by atoms with Gasteiger partial charge < -0.3 is 5.73 Å². The van der Waals surface area contributed by atoms with Crippen LogP contribution >= 0.6 is 0 Å². The number of nitrogens with zero attached hydrogens (tertiary/aromatic N) is 2. The molecule has 0 unspecified atom stereocenters. The number of nitrogen functional groups attached to an aromatic ring is 1. The Bertz CT molecular complexity index is 674. The highest BCUT2D eigenvalue weighted by molar-refractivity contribution is 7.84. The minimum atomic E-state index is -4.83. The van der Waals surface area contributed by atoms with Crippen molar-refractivity contribution >= 4 is 16.1 Å².